The molecule has 2 aromatic carbocycles. The standard InChI is InChI=1S/C12H18N2O.C8H6ClNO2S/c1-13-6-8-14(9-7-13)11-4-3-5-12(10-11)15-2;9-7-3-5(10-4-13)1-2-6(7)8(11)12/h3-5,10H,6-9H2,1-2H3;1-4H,(H,10,13)(H,11,12). The van der Waals surface area contributed by atoms with Crippen LogP contribution in [-0.2, 0) is 0 Å². The van der Waals surface area contributed by atoms with Gasteiger partial charge in [-0.15, -0.1) is 0 Å². The van der Waals surface area contributed by atoms with E-state index in [1.54, 1.807) is 13.2 Å². The molecule has 1 fully saturated rings. The summed E-state index contributed by atoms with van der Waals surface area (Å²) in [6, 6.07) is 12.8. The predicted molar refractivity (Wildman–Crippen MR) is 118 cm³/mol. The van der Waals surface area contributed by atoms with Crippen LogP contribution in [0.15, 0.2) is 42.5 Å². The number of aromatic carboxylic acids is 1. The van der Waals surface area contributed by atoms with Crippen molar-refractivity contribution in [2.24, 2.45) is 0 Å². The summed E-state index contributed by atoms with van der Waals surface area (Å²) in [5.74, 6) is -0.106. The summed E-state index contributed by atoms with van der Waals surface area (Å²) in [6.07, 6.45) is 0. The van der Waals surface area contributed by atoms with Crippen LogP contribution in [0.2, 0.25) is 5.02 Å². The molecule has 0 saturated carbocycles. The Morgan fingerprint density at radius 2 is 1.93 bits per heavy atom. The number of benzene rings is 2. The molecule has 8 heteroatoms. The van der Waals surface area contributed by atoms with Crippen LogP contribution in [0.25, 0.3) is 0 Å². The third kappa shape index (κ3) is 6.37. The minimum atomic E-state index is -1.04. The maximum atomic E-state index is 10.6. The van der Waals surface area contributed by atoms with Gasteiger partial charge in [-0.3, -0.25) is 0 Å². The number of carboxylic acid groups (broad SMARTS) is 1. The van der Waals surface area contributed by atoms with Crippen LogP contribution in [0, 0.1) is 0 Å². The Kier molecular flexibility index (Phi) is 8.50. The highest BCUT2D eigenvalue weighted by Crippen LogP contribution is 2.22. The molecule has 1 aliphatic heterocycles. The third-order valence-corrected chi connectivity index (χ3v) is 4.78. The molecule has 2 aromatic rings. The normalized spacial score (nSPS) is 13.9. The first kappa shape index (κ1) is 21.9. The molecule has 2 N–H and O–H groups in total. The quantitative estimate of drug-likeness (QED) is 0.710. The van der Waals surface area contributed by atoms with Crippen molar-refractivity contribution in [3.63, 3.8) is 0 Å². The van der Waals surface area contributed by atoms with Gasteiger partial charge in [0, 0.05) is 43.6 Å². The maximum Gasteiger partial charge on any atom is 0.337 e. The van der Waals surface area contributed by atoms with E-state index in [9.17, 15) is 4.79 Å². The summed E-state index contributed by atoms with van der Waals surface area (Å²) in [5, 5.41) is 11.6. The zero-order chi connectivity index (χ0) is 20.5. The summed E-state index contributed by atoms with van der Waals surface area (Å²) in [6.45, 7) is 4.47. The van der Waals surface area contributed by atoms with Crippen molar-refractivity contribution in [2.75, 3.05) is 50.6 Å². The van der Waals surface area contributed by atoms with E-state index in [0.717, 1.165) is 31.9 Å². The highest BCUT2D eigenvalue weighted by atomic mass is 35.5. The molecule has 6 nitrogen and oxygen atoms in total. The molecule has 28 heavy (non-hydrogen) atoms. The highest BCUT2D eigenvalue weighted by Gasteiger charge is 2.14. The number of piperazine rings is 1. The van der Waals surface area contributed by atoms with Gasteiger partial charge in [0.25, 0.3) is 0 Å². The van der Waals surface area contributed by atoms with Crippen LogP contribution in [0.1, 0.15) is 10.4 Å². The Morgan fingerprint density at radius 1 is 1.21 bits per heavy atom. The lowest BCUT2D eigenvalue weighted by Crippen LogP contribution is -2.44. The zero-order valence-corrected chi connectivity index (χ0v) is 17.5. The molecule has 0 unspecified atom stereocenters. The predicted octanol–water partition coefficient (Wildman–Crippen LogP) is 3.85. The third-order valence-electron chi connectivity index (χ3n) is 4.35. The van der Waals surface area contributed by atoms with Gasteiger partial charge in [-0.25, -0.2) is 4.79 Å². The number of anilines is 2. The Morgan fingerprint density at radius 3 is 2.50 bits per heavy atom. The van der Waals surface area contributed by atoms with Gasteiger partial charge in [0.05, 0.1) is 23.2 Å². The van der Waals surface area contributed by atoms with E-state index in [2.05, 4.69) is 46.5 Å². The van der Waals surface area contributed by atoms with Gasteiger partial charge in [-0.1, -0.05) is 29.9 Å². The number of nitrogens with zero attached hydrogens (tertiary/aromatic N) is 2. The number of hydrogen-bond donors (Lipinski definition) is 2. The van der Waals surface area contributed by atoms with Crippen molar-refractivity contribution in [3.8, 4) is 5.75 Å². The molecular weight excluding hydrogens is 398 g/mol. The first-order valence-corrected chi connectivity index (χ1v) is 9.60. The van der Waals surface area contributed by atoms with Gasteiger partial charge in [0.2, 0.25) is 0 Å². The van der Waals surface area contributed by atoms with Crippen LogP contribution >= 0.6 is 23.8 Å². The van der Waals surface area contributed by atoms with Crippen molar-refractivity contribution in [2.45, 2.75) is 0 Å². The van der Waals surface area contributed by atoms with E-state index in [1.807, 2.05) is 12.1 Å². The second-order valence-electron chi connectivity index (χ2n) is 6.25. The molecule has 0 radical (unpaired) electrons. The van der Waals surface area contributed by atoms with Crippen molar-refractivity contribution < 1.29 is 14.6 Å². The average molecular weight is 422 g/mol. The molecular formula is C20H24ClN3O3S. The lowest BCUT2D eigenvalue weighted by Gasteiger charge is -2.34. The van der Waals surface area contributed by atoms with Gasteiger partial charge >= 0.3 is 5.97 Å². The minimum Gasteiger partial charge on any atom is -0.497 e. The molecule has 1 aliphatic rings. The van der Waals surface area contributed by atoms with E-state index in [4.69, 9.17) is 21.4 Å². The highest BCUT2D eigenvalue weighted by molar-refractivity contribution is 7.79. The SMILES string of the molecule is COc1cccc(N2CCN(C)CC2)c1.O=C(O)c1ccc(NC=S)cc1Cl. The van der Waals surface area contributed by atoms with Gasteiger partial charge in [0.15, 0.2) is 0 Å². The van der Waals surface area contributed by atoms with Crippen LogP contribution in [0.5, 0.6) is 5.75 Å². The molecule has 1 saturated heterocycles. The van der Waals surface area contributed by atoms with E-state index in [1.165, 1.54) is 23.3 Å². The van der Waals surface area contributed by atoms with Crippen molar-refractivity contribution in [1.29, 1.82) is 0 Å². The number of halogens is 1. The van der Waals surface area contributed by atoms with Crippen LogP contribution in [0.3, 0.4) is 0 Å². The molecule has 1 heterocycles. The van der Waals surface area contributed by atoms with Gasteiger partial charge < -0.3 is 25.0 Å². The summed E-state index contributed by atoms with van der Waals surface area (Å²) in [5.41, 5.74) is 3.34. The largest absolute Gasteiger partial charge is 0.497 e. The minimum absolute atomic E-state index is 0.0802. The number of thiocarbonyl (C=S) groups is 1. The summed E-state index contributed by atoms with van der Waals surface area (Å²) in [7, 11) is 3.88. The summed E-state index contributed by atoms with van der Waals surface area (Å²) >= 11 is 10.3. The van der Waals surface area contributed by atoms with Gasteiger partial charge in [-0.2, -0.15) is 0 Å². The number of nitrogens with one attached hydrogen (secondary N) is 1. The van der Waals surface area contributed by atoms with E-state index in [-0.39, 0.29) is 10.6 Å². The smallest absolute Gasteiger partial charge is 0.337 e. The van der Waals surface area contributed by atoms with Gasteiger partial charge in [0.1, 0.15) is 5.75 Å². The molecule has 3 rings (SSSR count). The fourth-order valence-electron chi connectivity index (χ4n) is 2.72. The molecule has 150 valence electrons. The number of methoxy groups -OCH3 is 1. The summed E-state index contributed by atoms with van der Waals surface area (Å²) < 4.78 is 5.23. The first-order valence-electron chi connectivity index (χ1n) is 8.75. The second-order valence-corrected chi connectivity index (χ2v) is 6.90. The lowest BCUT2D eigenvalue weighted by atomic mass is 10.2. The zero-order valence-electron chi connectivity index (χ0n) is 15.9. The fourth-order valence-corrected chi connectivity index (χ4v) is 3.12. The molecule has 0 atom stereocenters. The Bertz CT molecular complexity index is 811. The number of likely N-dealkylation sites (N-methyl/N-ethyl adjacent to an activating group) is 1. The molecule has 0 aliphatic carbocycles. The first-order chi connectivity index (χ1) is 13.4. The molecule has 0 aromatic heterocycles. The van der Waals surface area contributed by atoms with Crippen LogP contribution < -0.4 is 15.0 Å². The topological polar surface area (TPSA) is 65.0 Å². The van der Waals surface area contributed by atoms with Gasteiger partial charge in [-0.05, 0) is 37.4 Å². The molecule has 0 amide bonds. The molecule has 0 spiro atoms. The second kappa shape index (κ2) is 10.8. The number of carboxylic acids is 1. The fraction of sp³-hybridized carbons (Fsp3) is 0.300. The molecule has 0 bridgehead atoms. The van der Waals surface area contributed by atoms with Crippen molar-refractivity contribution in [3.05, 3.63) is 53.1 Å². The van der Waals surface area contributed by atoms with E-state index < -0.39 is 5.97 Å². The van der Waals surface area contributed by atoms with Crippen LogP contribution in [0.4, 0.5) is 11.4 Å². The number of hydrogen-bond acceptors (Lipinski definition) is 5. The Hall–Kier alpha value is -2.35. The average Bonchev–Trinajstić information content (AvgIpc) is 2.69. The van der Waals surface area contributed by atoms with E-state index in [0.29, 0.717) is 5.69 Å². The maximum absolute atomic E-state index is 10.6. The Balaban J connectivity index is 0.000000203. The number of carbonyl (C=O) groups is 1. The lowest BCUT2D eigenvalue weighted by molar-refractivity contribution is 0.0697. The van der Waals surface area contributed by atoms with Crippen molar-refractivity contribution in [1.82, 2.24) is 4.90 Å². The number of rotatable bonds is 5. The van der Waals surface area contributed by atoms with E-state index >= 15 is 0 Å². The van der Waals surface area contributed by atoms with Crippen molar-refractivity contribution >= 4 is 46.7 Å². The number of ether oxygens (including phenoxy) is 1. The summed E-state index contributed by atoms with van der Waals surface area (Å²) in [4.78, 5) is 15.3. The van der Waals surface area contributed by atoms with Crippen LogP contribution in [-0.4, -0.2) is 61.8 Å². The monoisotopic (exact) mass is 421 g/mol. The Labute approximate surface area is 175 Å².